The molecule has 3 nitrogen and oxygen atoms in total. The molecule has 1 fully saturated rings. The summed E-state index contributed by atoms with van der Waals surface area (Å²) in [4.78, 5) is 7.30. The first kappa shape index (κ1) is 14.3. The van der Waals surface area contributed by atoms with Gasteiger partial charge in [0.2, 0.25) is 0 Å². The standard InChI is InChI=1S/C15H23N3S/c1-11(2)12-5-4-9-18(10-8-12)14-7-3-6-13(17-14)15(16)19/h3,6-7,11-12H,4-5,8-10H2,1-2H3,(H2,16,19). The first-order valence-electron chi connectivity index (χ1n) is 7.09. The van der Waals surface area contributed by atoms with Gasteiger partial charge in [0.25, 0.3) is 0 Å². The Hall–Kier alpha value is -1.16. The molecule has 1 unspecified atom stereocenters. The number of aromatic nitrogens is 1. The van der Waals surface area contributed by atoms with Crippen molar-refractivity contribution < 1.29 is 0 Å². The number of nitrogens with two attached hydrogens (primary N) is 1. The van der Waals surface area contributed by atoms with E-state index in [-0.39, 0.29) is 0 Å². The van der Waals surface area contributed by atoms with Crippen molar-refractivity contribution in [3.63, 3.8) is 0 Å². The zero-order valence-corrected chi connectivity index (χ0v) is 12.6. The molecule has 0 aromatic carbocycles. The van der Waals surface area contributed by atoms with Gasteiger partial charge in [-0.3, -0.25) is 0 Å². The van der Waals surface area contributed by atoms with Gasteiger partial charge in [-0.15, -0.1) is 0 Å². The number of anilines is 1. The van der Waals surface area contributed by atoms with Gasteiger partial charge in [-0.2, -0.15) is 0 Å². The SMILES string of the molecule is CC(C)C1CCCN(c2cccc(C(N)=S)n2)CC1. The predicted octanol–water partition coefficient (Wildman–Crippen LogP) is 2.98. The Morgan fingerprint density at radius 1 is 1.37 bits per heavy atom. The van der Waals surface area contributed by atoms with Crippen molar-refractivity contribution in [1.29, 1.82) is 0 Å². The summed E-state index contributed by atoms with van der Waals surface area (Å²) in [6.45, 7) is 6.81. The van der Waals surface area contributed by atoms with E-state index in [4.69, 9.17) is 18.0 Å². The molecule has 1 aromatic rings. The number of nitrogens with zero attached hydrogens (tertiary/aromatic N) is 2. The highest BCUT2D eigenvalue weighted by atomic mass is 32.1. The van der Waals surface area contributed by atoms with Crippen LogP contribution >= 0.6 is 12.2 Å². The van der Waals surface area contributed by atoms with E-state index in [0.717, 1.165) is 36.4 Å². The first-order valence-corrected chi connectivity index (χ1v) is 7.50. The summed E-state index contributed by atoms with van der Waals surface area (Å²) in [6.07, 6.45) is 3.81. The number of hydrogen-bond acceptors (Lipinski definition) is 3. The molecule has 0 spiro atoms. The van der Waals surface area contributed by atoms with Crippen LogP contribution in [0.25, 0.3) is 0 Å². The third kappa shape index (κ3) is 3.66. The highest BCUT2D eigenvalue weighted by Crippen LogP contribution is 2.26. The first-order chi connectivity index (χ1) is 9.08. The van der Waals surface area contributed by atoms with Gasteiger partial charge in [0.05, 0.1) is 5.69 Å². The van der Waals surface area contributed by atoms with E-state index >= 15 is 0 Å². The fourth-order valence-electron chi connectivity index (χ4n) is 2.75. The van der Waals surface area contributed by atoms with Crippen LogP contribution in [0.1, 0.15) is 38.8 Å². The topological polar surface area (TPSA) is 42.1 Å². The van der Waals surface area contributed by atoms with Crippen molar-refractivity contribution in [1.82, 2.24) is 4.98 Å². The third-order valence-corrected chi connectivity index (χ3v) is 4.24. The molecule has 1 saturated heterocycles. The minimum absolute atomic E-state index is 0.372. The highest BCUT2D eigenvalue weighted by Gasteiger charge is 2.20. The molecule has 1 aromatic heterocycles. The maximum atomic E-state index is 5.66. The van der Waals surface area contributed by atoms with Crippen LogP contribution in [0.3, 0.4) is 0 Å². The molecule has 0 bridgehead atoms. The van der Waals surface area contributed by atoms with Gasteiger partial charge < -0.3 is 10.6 Å². The molecule has 1 aliphatic rings. The second-order valence-corrected chi connectivity index (χ2v) is 6.11. The monoisotopic (exact) mass is 277 g/mol. The number of hydrogen-bond donors (Lipinski definition) is 1. The Bertz CT molecular complexity index is 445. The number of thiocarbonyl (C=S) groups is 1. The molecule has 0 saturated carbocycles. The Morgan fingerprint density at radius 2 is 2.16 bits per heavy atom. The second-order valence-electron chi connectivity index (χ2n) is 5.67. The molecule has 0 aliphatic carbocycles. The van der Waals surface area contributed by atoms with Crippen molar-refractivity contribution in [3.8, 4) is 0 Å². The third-order valence-electron chi connectivity index (χ3n) is 4.03. The molecule has 1 aliphatic heterocycles. The fraction of sp³-hybridized carbons (Fsp3) is 0.600. The molecule has 2 rings (SSSR count). The zero-order chi connectivity index (χ0) is 13.8. The van der Waals surface area contributed by atoms with Crippen LogP contribution in [0.4, 0.5) is 5.82 Å². The van der Waals surface area contributed by atoms with E-state index in [0.29, 0.717) is 4.99 Å². The molecule has 0 amide bonds. The lowest BCUT2D eigenvalue weighted by molar-refractivity contribution is 0.351. The van der Waals surface area contributed by atoms with Crippen LogP contribution in [0.5, 0.6) is 0 Å². The van der Waals surface area contributed by atoms with Crippen molar-refractivity contribution in [2.24, 2.45) is 17.6 Å². The molecule has 2 heterocycles. The number of pyridine rings is 1. The van der Waals surface area contributed by atoms with Gasteiger partial charge in [-0.1, -0.05) is 32.1 Å². The zero-order valence-electron chi connectivity index (χ0n) is 11.8. The average Bonchev–Trinajstić information content (AvgIpc) is 2.64. The van der Waals surface area contributed by atoms with Gasteiger partial charge in [0.15, 0.2) is 0 Å². The van der Waals surface area contributed by atoms with Crippen LogP contribution in [0, 0.1) is 11.8 Å². The van der Waals surface area contributed by atoms with E-state index in [1.807, 2.05) is 12.1 Å². The molecule has 2 N–H and O–H groups in total. The molecule has 0 radical (unpaired) electrons. The predicted molar refractivity (Wildman–Crippen MR) is 84.5 cm³/mol. The van der Waals surface area contributed by atoms with Crippen LogP contribution in [-0.2, 0) is 0 Å². The highest BCUT2D eigenvalue weighted by molar-refractivity contribution is 7.80. The fourth-order valence-corrected chi connectivity index (χ4v) is 2.87. The van der Waals surface area contributed by atoms with Crippen LogP contribution in [0.2, 0.25) is 0 Å². The number of rotatable bonds is 3. The molecule has 4 heteroatoms. The van der Waals surface area contributed by atoms with Crippen molar-refractivity contribution in [2.75, 3.05) is 18.0 Å². The lowest BCUT2D eigenvalue weighted by atomic mass is 9.89. The maximum absolute atomic E-state index is 5.66. The molecule has 104 valence electrons. The molecular weight excluding hydrogens is 254 g/mol. The summed E-state index contributed by atoms with van der Waals surface area (Å²) in [6, 6.07) is 5.92. The Balaban J connectivity index is 2.09. The summed E-state index contributed by atoms with van der Waals surface area (Å²) >= 11 is 5.00. The lowest BCUT2D eigenvalue weighted by Crippen LogP contribution is -2.26. The lowest BCUT2D eigenvalue weighted by Gasteiger charge is -2.22. The van der Waals surface area contributed by atoms with Crippen LogP contribution in [-0.4, -0.2) is 23.1 Å². The normalized spacial score (nSPS) is 20.4. The largest absolute Gasteiger partial charge is 0.388 e. The summed E-state index contributed by atoms with van der Waals surface area (Å²) in [5.41, 5.74) is 6.37. The van der Waals surface area contributed by atoms with Gasteiger partial charge in [0, 0.05) is 13.1 Å². The van der Waals surface area contributed by atoms with Crippen molar-refractivity contribution >= 4 is 23.0 Å². The van der Waals surface area contributed by atoms with Gasteiger partial charge in [0.1, 0.15) is 10.8 Å². The van der Waals surface area contributed by atoms with E-state index in [2.05, 4.69) is 29.8 Å². The second kappa shape index (κ2) is 6.33. The average molecular weight is 277 g/mol. The van der Waals surface area contributed by atoms with Gasteiger partial charge in [-0.25, -0.2) is 4.98 Å². The summed E-state index contributed by atoms with van der Waals surface area (Å²) in [5, 5.41) is 0. The quantitative estimate of drug-likeness (QED) is 0.863. The van der Waals surface area contributed by atoms with E-state index in [1.165, 1.54) is 19.3 Å². The summed E-state index contributed by atoms with van der Waals surface area (Å²) in [7, 11) is 0. The minimum atomic E-state index is 0.372. The Labute approximate surface area is 121 Å². The molecule has 1 atom stereocenters. The maximum Gasteiger partial charge on any atom is 0.129 e. The van der Waals surface area contributed by atoms with Crippen molar-refractivity contribution in [3.05, 3.63) is 23.9 Å². The summed E-state index contributed by atoms with van der Waals surface area (Å²) in [5.74, 6) is 2.62. The summed E-state index contributed by atoms with van der Waals surface area (Å²) < 4.78 is 0. The smallest absolute Gasteiger partial charge is 0.129 e. The Morgan fingerprint density at radius 3 is 2.84 bits per heavy atom. The van der Waals surface area contributed by atoms with Crippen LogP contribution < -0.4 is 10.6 Å². The van der Waals surface area contributed by atoms with Gasteiger partial charge >= 0.3 is 0 Å². The Kier molecular flexibility index (Phi) is 4.75. The van der Waals surface area contributed by atoms with Gasteiger partial charge in [-0.05, 0) is 43.2 Å². The molecular formula is C15H23N3S. The van der Waals surface area contributed by atoms with E-state index in [9.17, 15) is 0 Å². The minimum Gasteiger partial charge on any atom is -0.388 e. The molecule has 19 heavy (non-hydrogen) atoms. The van der Waals surface area contributed by atoms with E-state index in [1.54, 1.807) is 0 Å². The van der Waals surface area contributed by atoms with E-state index < -0.39 is 0 Å². The van der Waals surface area contributed by atoms with Crippen LogP contribution in [0.15, 0.2) is 18.2 Å². The van der Waals surface area contributed by atoms with Crippen molar-refractivity contribution in [2.45, 2.75) is 33.1 Å².